The lowest BCUT2D eigenvalue weighted by Crippen LogP contribution is -1.96. The summed E-state index contributed by atoms with van der Waals surface area (Å²) in [5.41, 5.74) is 0.906. The summed E-state index contributed by atoms with van der Waals surface area (Å²) in [5.74, 6) is 0. The van der Waals surface area contributed by atoms with Gasteiger partial charge in [-0.3, -0.25) is 0 Å². The van der Waals surface area contributed by atoms with Gasteiger partial charge in [0.15, 0.2) is 0 Å². The molecule has 0 aliphatic carbocycles. The van der Waals surface area contributed by atoms with Crippen LogP contribution in [0.4, 0.5) is 0 Å². The van der Waals surface area contributed by atoms with Gasteiger partial charge >= 0.3 is 0 Å². The van der Waals surface area contributed by atoms with Crippen LogP contribution in [-0.2, 0) is 0 Å². The highest BCUT2D eigenvalue weighted by Crippen LogP contribution is 2.34. The molecule has 84 valence electrons. The molecule has 1 heterocycles. The number of hydrogen-bond donors (Lipinski definition) is 1. The Kier molecular flexibility index (Phi) is 3.85. The molecule has 0 aliphatic rings. The molecule has 0 fully saturated rings. The van der Waals surface area contributed by atoms with Crippen LogP contribution in [0.25, 0.3) is 0 Å². The molecule has 1 aromatic heterocycles. The summed E-state index contributed by atoms with van der Waals surface area (Å²) in [6.45, 7) is 2.03. The van der Waals surface area contributed by atoms with Crippen LogP contribution in [0, 0.1) is 6.92 Å². The van der Waals surface area contributed by atoms with E-state index >= 15 is 0 Å². The quantitative estimate of drug-likeness (QED) is 0.824. The number of rotatable bonds is 2. The SMILES string of the molecule is Cc1sc(C(O)c2cccc(Br)c2)cc1Br. The van der Waals surface area contributed by atoms with Crippen molar-refractivity contribution in [1.29, 1.82) is 0 Å². The summed E-state index contributed by atoms with van der Waals surface area (Å²) in [6, 6.07) is 9.72. The molecule has 1 unspecified atom stereocenters. The van der Waals surface area contributed by atoms with Gasteiger partial charge < -0.3 is 5.11 Å². The minimum Gasteiger partial charge on any atom is -0.383 e. The van der Waals surface area contributed by atoms with Crippen LogP contribution in [0.1, 0.15) is 21.4 Å². The summed E-state index contributed by atoms with van der Waals surface area (Å²) in [6.07, 6.45) is -0.549. The van der Waals surface area contributed by atoms with Gasteiger partial charge in [0.05, 0.1) is 0 Å². The zero-order valence-electron chi connectivity index (χ0n) is 8.58. The first kappa shape index (κ1) is 12.3. The standard InChI is InChI=1S/C12H10Br2OS/c1-7-10(14)6-11(16-7)12(15)8-3-2-4-9(13)5-8/h2-6,12,15H,1H3. The summed E-state index contributed by atoms with van der Waals surface area (Å²) >= 11 is 8.48. The van der Waals surface area contributed by atoms with Crippen molar-refractivity contribution in [2.45, 2.75) is 13.0 Å². The van der Waals surface area contributed by atoms with Gasteiger partial charge in [-0.05, 0) is 46.6 Å². The minimum absolute atomic E-state index is 0.549. The predicted octanol–water partition coefficient (Wildman–Crippen LogP) is 4.66. The second kappa shape index (κ2) is 5.00. The van der Waals surface area contributed by atoms with Crippen molar-refractivity contribution in [1.82, 2.24) is 0 Å². The van der Waals surface area contributed by atoms with Crippen molar-refractivity contribution in [3.8, 4) is 0 Å². The smallest absolute Gasteiger partial charge is 0.113 e. The largest absolute Gasteiger partial charge is 0.383 e. The Morgan fingerprint density at radius 3 is 2.56 bits per heavy atom. The Morgan fingerprint density at radius 2 is 2.00 bits per heavy atom. The maximum Gasteiger partial charge on any atom is 0.113 e. The van der Waals surface area contributed by atoms with E-state index in [1.807, 2.05) is 37.3 Å². The van der Waals surface area contributed by atoms with Crippen LogP contribution in [0.15, 0.2) is 39.3 Å². The average Bonchev–Trinajstić information content (AvgIpc) is 2.58. The second-order valence-electron chi connectivity index (χ2n) is 3.51. The third-order valence-corrected chi connectivity index (χ3v) is 4.99. The monoisotopic (exact) mass is 360 g/mol. The number of thiophene rings is 1. The number of aryl methyl sites for hydroxylation is 1. The van der Waals surface area contributed by atoms with Gasteiger partial charge in [-0.25, -0.2) is 0 Å². The van der Waals surface area contributed by atoms with E-state index in [2.05, 4.69) is 31.9 Å². The summed E-state index contributed by atoms with van der Waals surface area (Å²) in [7, 11) is 0. The van der Waals surface area contributed by atoms with E-state index in [1.54, 1.807) is 11.3 Å². The number of hydrogen-bond acceptors (Lipinski definition) is 2. The molecule has 0 amide bonds. The van der Waals surface area contributed by atoms with E-state index in [4.69, 9.17) is 0 Å². The summed E-state index contributed by atoms with van der Waals surface area (Å²) < 4.78 is 2.04. The number of benzene rings is 1. The fraction of sp³-hybridized carbons (Fsp3) is 0.167. The number of aliphatic hydroxyl groups is 1. The zero-order chi connectivity index (χ0) is 11.7. The van der Waals surface area contributed by atoms with Crippen LogP contribution < -0.4 is 0 Å². The Bertz CT molecular complexity index is 488. The molecular formula is C12H10Br2OS. The van der Waals surface area contributed by atoms with Gasteiger partial charge in [0, 0.05) is 18.7 Å². The molecule has 1 N–H and O–H groups in total. The van der Waals surface area contributed by atoms with Crippen LogP contribution in [-0.4, -0.2) is 5.11 Å². The maximum absolute atomic E-state index is 10.2. The summed E-state index contributed by atoms with van der Waals surface area (Å²) in [5, 5.41) is 10.2. The fourth-order valence-electron chi connectivity index (χ4n) is 1.46. The second-order valence-corrected chi connectivity index (χ2v) is 6.57. The molecule has 0 saturated carbocycles. The zero-order valence-corrected chi connectivity index (χ0v) is 12.6. The predicted molar refractivity (Wildman–Crippen MR) is 75.0 cm³/mol. The molecule has 0 bridgehead atoms. The highest BCUT2D eigenvalue weighted by molar-refractivity contribution is 9.10. The Morgan fingerprint density at radius 1 is 1.25 bits per heavy atom. The molecule has 0 aliphatic heterocycles. The molecule has 2 aromatic rings. The van der Waals surface area contributed by atoms with E-state index in [1.165, 1.54) is 4.88 Å². The first-order valence-electron chi connectivity index (χ1n) is 4.77. The molecule has 0 radical (unpaired) electrons. The number of aliphatic hydroxyl groups excluding tert-OH is 1. The third kappa shape index (κ3) is 2.56. The van der Waals surface area contributed by atoms with Gasteiger partial charge in [0.1, 0.15) is 6.10 Å². The van der Waals surface area contributed by atoms with Crippen molar-refractivity contribution in [3.05, 3.63) is 54.6 Å². The van der Waals surface area contributed by atoms with Crippen molar-refractivity contribution >= 4 is 43.2 Å². The molecule has 0 spiro atoms. The van der Waals surface area contributed by atoms with E-state index in [-0.39, 0.29) is 0 Å². The third-order valence-electron chi connectivity index (χ3n) is 2.31. The van der Waals surface area contributed by atoms with Crippen molar-refractivity contribution in [3.63, 3.8) is 0 Å². The van der Waals surface area contributed by atoms with Gasteiger partial charge in [-0.1, -0.05) is 28.1 Å². The van der Waals surface area contributed by atoms with Gasteiger partial charge in [0.25, 0.3) is 0 Å². The minimum atomic E-state index is -0.549. The Hall–Kier alpha value is -0.160. The molecule has 1 nitrogen and oxygen atoms in total. The highest BCUT2D eigenvalue weighted by Gasteiger charge is 2.14. The van der Waals surface area contributed by atoms with Crippen LogP contribution in [0.2, 0.25) is 0 Å². The number of halogens is 2. The first-order chi connectivity index (χ1) is 7.58. The van der Waals surface area contributed by atoms with E-state index in [0.717, 1.165) is 19.4 Å². The van der Waals surface area contributed by atoms with Gasteiger partial charge in [0.2, 0.25) is 0 Å². The Balaban J connectivity index is 2.35. The first-order valence-corrected chi connectivity index (χ1v) is 7.17. The molecule has 1 atom stereocenters. The maximum atomic E-state index is 10.2. The lowest BCUT2D eigenvalue weighted by atomic mass is 10.1. The normalized spacial score (nSPS) is 12.8. The summed E-state index contributed by atoms with van der Waals surface area (Å²) in [4.78, 5) is 2.14. The van der Waals surface area contributed by atoms with E-state index < -0.39 is 6.10 Å². The molecular weight excluding hydrogens is 352 g/mol. The van der Waals surface area contributed by atoms with E-state index in [0.29, 0.717) is 0 Å². The van der Waals surface area contributed by atoms with Crippen LogP contribution >= 0.6 is 43.2 Å². The van der Waals surface area contributed by atoms with Crippen molar-refractivity contribution in [2.24, 2.45) is 0 Å². The average molecular weight is 362 g/mol. The molecule has 16 heavy (non-hydrogen) atoms. The lowest BCUT2D eigenvalue weighted by Gasteiger charge is -2.08. The highest BCUT2D eigenvalue weighted by atomic mass is 79.9. The molecule has 1 aromatic carbocycles. The van der Waals surface area contributed by atoms with Crippen molar-refractivity contribution in [2.75, 3.05) is 0 Å². The van der Waals surface area contributed by atoms with Gasteiger partial charge in [-0.2, -0.15) is 0 Å². The fourth-order valence-corrected chi connectivity index (χ4v) is 3.45. The lowest BCUT2D eigenvalue weighted by molar-refractivity contribution is 0.224. The van der Waals surface area contributed by atoms with Gasteiger partial charge in [-0.15, -0.1) is 11.3 Å². The van der Waals surface area contributed by atoms with E-state index in [9.17, 15) is 5.11 Å². The van der Waals surface area contributed by atoms with Crippen LogP contribution in [0.3, 0.4) is 0 Å². The topological polar surface area (TPSA) is 20.2 Å². The van der Waals surface area contributed by atoms with Crippen LogP contribution in [0.5, 0.6) is 0 Å². The Labute approximate surface area is 115 Å². The molecule has 4 heteroatoms. The molecule has 2 rings (SSSR count). The van der Waals surface area contributed by atoms with Crippen molar-refractivity contribution < 1.29 is 5.11 Å². The molecule has 0 saturated heterocycles.